The smallest absolute Gasteiger partial charge is 0.336 e. The molecule has 3 amide bonds. The Kier molecular flexibility index (Phi) is 5.58. The fourth-order valence-electron chi connectivity index (χ4n) is 2.89. The highest BCUT2D eigenvalue weighted by atomic mass is 16.5. The van der Waals surface area contributed by atoms with Crippen molar-refractivity contribution in [2.24, 2.45) is 0 Å². The molecule has 1 heterocycles. The Morgan fingerprint density at radius 1 is 0.885 bits per heavy atom. The highest BCUT2D eigenvalue weighted by Gasteiger charge is 2.23. The molecule has 0 atom stereocenters. The van der Waals surface area contributed by atoms with Gasteiger partial charge in [-0.05, 0) is 24.3 Å². The van der Waals surface area contributed by atoms with Crippen LogP contribution >= 0.6 is 0 Å². The molecular weight excluding hydrogens is 332 g/mol. The maximum atomic E-state index is 12.3. The minimum atomic E-state index is -0.341. The van der Waals surface area contributed by atoms with Crippen LogP contribution in [0.15, 0.2) is 54.6 Å². The van der Waals surface area contributed by atoms with Crippen LogP contribution in [0.2, 0.25) is 0 Å². The number of carbonyl (C=O) groups excluding carboxylic acids is 2. The lowest BCUT2D eigenvalue weighted by Gasteiger charge is -2.36. The summed E-state index contributed by atoms with van der Waals surface area (Å²) in [6.45, 7) is 2.51. The largest absolute Gasteiger partial charge is 0.495 e. The molecule has 0 radical (unpaired) electrons. The molecule has 0 saturated carbocycles. The summed E-state index contributed by atoms with van der Waals surface area (Å²) in [5.74, 6) is 0.479. The first kappa shape index (κ1) is 17.6. The lowest BCUT2D eigenvalue weighted by molar-refractivity contribution is 0.0929. The van der Waals surface area contributed by atoms with Gasteiger partial charge in [0.25, 0.3) is 5.91 Å². The zero-order valence-corrected chi connectivity index (χ0v) is 14.6. The van der Waals surface area contributed by atoms with Gasteiger partial charge >= 0.3 is 6.03 Å². The molecule has 0 aliphatic carbocycles. The van der Waals surface area contributed by atoms with Gasteiger partial charge < -0.3 is 14.5 Å². The second kappa shape index (κ2) is 8.24. The average Bonchev–Trinajstić information content (AvgIpc) is 2.72. The quantitative estimate of drug-likeness (QED) is 0.826. The second-order valence-electron chi connectivity index (χ2n) is 5.90. The first-order valence-electron chi connectivity index (χ1n) is 8.47. The molecule has 0 unspecified atom stereocenters. The van der Waals surface area contributed by atoms with Gasteiger partial charge in [-0.1, -0.05) is 30.3 Å². The molecule has 7 nitrogen and oxygen atoms in total. The number of nitrogens with one attached hydrogen (secondary N) is 2. The molecule has 1 aliphatic heterocycles. The molecule has 2 N–H and O–H groups in total. The zero-order valence-electron chi connectivity index (χ0n) is 14.6. The molecule has 1 fully saturated rings. The number of hydrogen-bond donors (Lipinski definition) is 2. The third kappa shape index (κ3) is 4.05. The summed E-state index contributed by atoms with van der Waals surface area (Å²) in [5.41, 5.74) is 6.43. The van der Waals surface area contributed by atoms with Crippen LogP contribution in [0.5, 0.6) is 5.75 Å². The number of nitrogens with zero attached hydrogens (tertiary/aromatic N) is 2. The minimum Gasteiger partial charge on any atom is -0.495 e. The molecule has 2 aromatic rings. The fourth-order valence-corrected chi connectivity index (χ4v) is 2.89. The lowest BCUT2D eigenvalue weighted by atomic mass is 10.2. The molecule has 3 rings (SSSR count). The molecule has 26 heavy (non-hydrogen) atoms. The maximum Gasteiger partial charge on any atom is 0.336 e. The van der Waals surface area contributed by atoms with Crippen LogP contribution in [0.3, 0.4) is 0 Å². The SMILES string of the molecule is COc1ccccc1N1CCN(C(=O)NNC(=O)c2ccccc2)CC1. The van der Waals surface area contributed by atoms with Crippen molar-refractivity contribution in [3.8, 4) is 5.75 Å². The standard InChI is InChI=1S/C19H22N4O3/c1-26-17-10-6-5-9-16(17)22-11-13-23(14-12-22)19(25)21-20-18(24)15-7-3-2-4-8-15/h2-10H,11-14H2,1H3,(H,20,24)(H,21,25). The number of piperazine rings is 1. The summed E-state index contributed by atoms with van der Waals surface area (Å²) in [5, 5.41) is 0. The number of hydrogen-bond acceptors (Lipinski definition) is 4. The van der Waals surface area contributed by atoms with Gasteiger partial charge in [0.2, 0.25) is 0 Å². The van der Waals surface area contributed by atoms with Gasteiger partial charge in [0.15, 0.2) is 0 Å². The topological polar surface area (TPSA) is 73.9 Å². The van der Waals surface area contributed by atoms with Crippen LogP contribution in [-0.2, 0) is 0 Å². The molecule has 7 heteroatoms. The van der Waals surface area contributed by atoms with Gasteiger partial charge in [0.1, 0.15) is 5.75 Å². The van der Waals surface area contributed by atoms with Crippen molar-refractivity contribution in [2.75, 3.05) is 38.2 Å². The summed E-state index contributed by atoms with van der Waals surface area (Å²) < 4.78 is 5.40. The van der Waals surface area contributed by atoms with Crippen LogP contribution in [-0.4, -0.2) is 50.1 Å². The number of para-hydroxylation sites is 2. The Morgan fingerprint density at radius 2 is 1.54 bits per heavy atom. The molecule has 0 spiro atoms. The number of benzene rings is 2. The Hall–Kier alpha value is -3.22. The normalized spacial score (nSPS) is 13.9. The number of carbonyl (C=O) groups is 2. The van der Waals surface area contributed by atoms with Gasteiger partial charge in [-0.3, -0.25) is 10.2 Å². The number of hydrazine groups is 1. The monoisotopic (exact) mass is 354 g/mol. The Bertz CT molecular complexity index is 758. The first-order valence-corrected chi connectivity index (χ1v) is 8.47. The van der Waals surface area contributed by atoms with E-state index in [2.05, 4.69) is 15.8 Å². The first-order chi connectivity index (χ1) is 12.7. The highest BCUT2D eigenvalue weighted by Crippen LogP contribution is 2.28. The number of rotatable bonds is 3. The number of methoxy groups -OCH3 is 1. The van der Waals surface area contributed by atoms with Gasteiger partial charge in [0.05, 0.1) is 12.8 Å². The molecular formula is C19H22N4O3. The van der Waals surface area contributed by atoms with E-state index in [1.807, 2.05) is 30.3 Å². The highest BCUT2D eigenvalue weighted by molar-refractivity contribution is 5.95. The Balaban J connectivity index is 1.50. The van der Waals surface area contributed by atoms with Crippen LogP contribution in [0.1, 0.15) is 10.4 Å². The van der Waals surface area contributed by atoms with E-state index < -0.39 is 0 Å². The Labute approximate surface area is 152 Å². The van der Waals surface area contributed by atoms with Crippen molar-refractivity contribution in [3.05, 3.63) is 60.2 Å². The summed E-state index contributed by atoms with van der Waals surface area (Å²) >= 11 is 0. The van der Waals surface area contributed by atoms with E-state index in [0.29, 0.717) is 31.7 Å². The Morgan fingerprint density at radius 3 is 2.23 bits per heavy atom. The van der Waals surface area contributed by atoms with Crippen molar-refractivity contribution < 1.29 is 14.3 Å². The predicted octanol–water partition coefficient (Wildman–Crippen LogP) is 1.87. The molecule has 1 aliphatic rings. The van der Waals surface area contributed by atoms with Gasteiger partial charge in [-0.2, -0.15) is 0 Å². The van der Waals surface area contributed by atoms with Crippen molar-refractivity contribution in [1.82, 2.24) is 15.8 Å². The van der Waals surface area contributed by atoms with Crippen molar-refractivity contribution >= 4 is 17.6 Å². The summed E-state index contributed by atoms with van der Waals surface area (Å²) in [6, 6.07) is 16.3. The van der Waals surface area contributed by atoms with Crippen molar-refractivity contribution in [2.45, 2.75) is 0 Å². The summed E-state index contributed by atoms with van der Waals surface area (Å²) in [4.78, 5) is 28.1. The van der Waals surface area contributed by atoms with E-state index in [9.17, 15) is 9.59 Å². The molecule has 2 aromatic carbocycles. The lowest BCUT2D eigenvalue weighted by Crippen LogP contribution is -2.55. The number of urea groups is 1. The summed E-state index contributed by atoms with van der Waals surface area (Å²) in [6.07, 6.45) is 0. The van der Waals surface area contributed by atoms with Gasteiger partial charge in [-0.25, -0.2) is 10.2 Å². The maximum absolute atomic E-state index is 12.3. The van der Waals surface area contributed by atoms with E-state index in [1.165, 1.54) is 0 Å². The van der Waals surface area contributed by atoms with E-state index in [1.54, 1.807) is 36.3 Å². The average molecular weight is 354 g/mol. The van der Waals surface area contributed by atoms with Crippen LogP contribution in [0.25, 0.3) is 0 Å². The third-order valence-electron chi connectivity index (χ3n) is 4.31. The van der Waals surface area contributed by atoms with Crippen LogP contribution in [0, 0.1) is 0 Å². The van der Waals surface area contributed by atoms with E-state index in [0.717, 1.165) is 11.4 Å². The predicted molar refractivity (Wildman–Crippen MR) is 99.2 cm³/mol. The molecule has 136 valence electrons. The fraction of sp³-hybridized carbons (Fsp3) is 0.263. The van der Waals surface area contributed by atoms with Crippen LogP contribution < -0.4 is 20.5 Å². The minimum absolute atomic E-state index is 0.311. The third-order valence-corrected chi connectivity index (χ3v) is 4.31. The van der Waals surface area contributed by atoms with Gasteiger partial charge in [-0.15, -0.1) is 0 Å². The number of amides is 3. The second-order valence-corrected chi connectivity index (χ2v) is 5.90. The number of anilines is 1. The molecule has 0 bridgehead atoms. The van der Waals surface area contributed by atoms with E-state index in [-0.39, 0.29) is 11.9 Å². The van der Waals surface area contributed by atoms with Crippen LogP contribution in [0.4, 0.5) is 10.5 Å². The zero-order chi connectivity index (χ0) is 18.4. The molecule has 0 aromatic heterocycles. The van der Waals surface area contributed by atoms with E-state index >= 15 is 0 Å². The van der Waals surface area contributed by atoms with Gasteiger partial charge in [0, 0.05) is 31.7 Å². The summed E-state index contributed by atoms with van der Waals surface area (Å²) in [7, 11) is 1.65. The van der Waals surface area contributed by atoms with Crippen molar-refractivity contribution in [1.29, 1.82) is 0 Å². The number of ether oxygens (including phenoxy) is 1. The van der Waals surface area contributed by atoms with E-state index in [4.69, 9.17) is 4.74 Å². The van der Waals surface area contributed by atoms with Crippen molar-refractivity contribution in [3.63, 3.8) is 0 Å². The molecule has 1 saturated heterocycles.